The molecule has 106 valence electrons. The normalized spacial score (nSPS) is 22.2. The molecule has 0 saturated carbocycles. The van der Waals surface area contributed by atoms with Crippen molar-refractivity contribution in [2.24, 2.45) is 0 Å². The van der Waals surface area contributed by atoms with Gasteiger partial charge >= 0.3 is 0 Å². The number of anilines is 1. The Kier molecular flexibility index (Phi) is 3.57. The molecule has 1 aromatic rings. The summed E-state index contributed by atoms with van der Waals surface area (Å²) in [5.41, 5.74) is 2.37. The standard InChI is InChI=1S/C16H19NO3/c1-2-11-6-7-14-13(9-11)15(18)16(19)17(14)10-12-5-3-4-8-20-12/h6-7,9,12H,2-5,8,10H2,1H3/t12-/m1/s1. The summed E-state index contributed by atoms with van der Waals surface area (Å²) in [5.74, 6) is -0.798. The van der Waals surface area contributed by atoms with Gasteiger partial charge in [-0.25, -0.2) is 0 Å². The van der Waals surface area contributed by atoms with Crippen molar-refractivity contribution in [2.45, 2.75) is 38.7 Å². The van der Waals surface area contributed by atoms with Gasteiger partial charge in [-0.05, 0) is 43.4 Å². The van der Waals surface area contributed by atoms with Gasteiger partial charge in [0.05, 0.1) is 23.9 Å². The van der Waals surface area contributed by atoms with Crippen molar-refractivity contribution < 1.29 is 14.3 Å². The fourth-order valence-electron chi connectivity index (χ4n) is 2.90. The SMILES string of the molecule is CCc1ccc2c(c1)C(=O)C(=O)N2C[C@H]1CCCCO1. The molecule has 0 aliphatic carbocycles. The molecule has 2 aliphatic heterocycles. The molecule has 0 N–H and O–H groups in total. The van der Waals surface area contributed by atoms with Gasteiger partial charge in [-0.1, -0.05) is 13.0 Å². The first-order chi connectivity index (χ1) is 9.70. The molecule has 0 unspecified atom stereocenters. The third kappa shape index (κ3) is 2.24. The summed E-state index contributed by atoms with van der Waals surface area (Å²) in [7, 11) is 0. The average molecular weight is 273 g/mol. The number of Topliss-reactive ketones (excluding diaryl/α,β-unsaturated/α-hetero) is 1. The molecule has 20 heavy (non-hydrogen) atoms. The summed E-state index contributed by atoms with van der Waals surface area (Å²) in [6.07, 6.45) is 4.08. The van der Waals surface area contributed by atoms with Crippen molar-refractivity contribution in [2.75, 3.05) is 18.1 Å². The molecule has 1 amide bonds. The average Bonchev–Trinajstić information content (AvgIpc) is 2.73. The molecule has 2 aliphatic rings. The van der Waals surface area contributed by atoms with Crippen LogP contribution in [-0.4, -0.2) is 30.9 Å². The highest BCUT2D eigenvalue weighted by Crippen LogP contribution is 2.31. The van der Waals surface area contributed by atoms with Crippen molar-refractivity contribution in [1.82, 2.24) is 0 Å². The highest BCUT2D eigenvalue weighted by molar-refractivity contribution is 6.52. The molecule has 3 rings (SSSR count). The molecule has 1 saturated heterocycles. The minimum atomic E-state index is -0.414. The quantitative estimate of drug-likeness (QED) is 0.794. The second-order valence-electron chi connectivity index (χ2n) is 5.44. The Morgan fingerprint density at radius 1 is 1.30 bits per heavy atom. The van der Waals surface area contributed by atoms with Crippen LogP contribution in [0.1, 0.15) is 42.1 Å². The molecule has 2 heterocycles. The number of fused-ring (bicyclic) bond motifs is 1. The number of amides is 1. The maximum absolute atomic E-state index is 12.2. The van der Waals surface area contributed by atoms with Gasteiger partial charge in [-0.2, -0.15) is 0 Å². The number of benzene rings is 1. The Morgan fingerprint density at radius 2 is 2.15 bits per heavy atom. The predicted octanol–water partition coefficient (Wildman–Crippen LogP) is 2.35. The minimum Gasteiger partial charge on any atom is -0.376 e. The van der Waals surface area contributed by atoms with Crippen molar-refractivity contribution in [3.63, 3.8) is 0 Å². The number of ether oxygens (including phenoxy) is 1. The van der Waals surface area contributed by atoms with E-state index < -0.39 is 5.91 Å². The molecule has 0 radical (unpaired) electrons. The summed E-state index contributed by atoms with van der Waals surface area (Å²) in [6, 6.07) is 5.72. The highest BCUT2D eigenvalue weighted by Gasteiger charge is 2.37. The maximum Gasteiger partial charge on any atom is 0.299 e. The first-order valence-electron chi connectivity index (χ1n) is 7.31. The molecule has 0 spiro atoms. The number of rotatable bonds is 3. The molecule has 0 bridgehead atoms. The lowest BCUT2D eigenvalue weighted by Gasteiger charge is -2.27. The van der Waals surface area contributed by atoms with Crippen LogP contribution >= 0.6 is 0 Å². The van der Waals surface area contributed by atoms with Gasteiger partial charge < -0.3 is 9.64 Å². The van der Waals surface area contributed by atoms with E-state index >= 15 is 0 Å². The second kappa shape index (κ2) is 5.37. The number of nitrogens with zero attached hydrogens (tertiary/aromatic N) is 1. The smallest absolute Gasteiger partial charge is 0.299 e. The number of hydrogen-bond donors (Lipinski definition) is 0. The summed E-state index contributed by atoms with van der Waals surface area (Å²) in [5, 5.41) is 0. The summed E-state index contributed by atoms with van der Waals surface area (Å²) >= 11 is 0. The van der Waals surface area contributed by atoms with Gasteiger partial charge in [0.15, 0.2) is 0 Å². The van der Waals surface area contributed by atoms with E-state index in [0.29, 0.717) is 12.1 Å². The van der Waals surface area contributed by atoms with Crippen molar-refractivity contribution >= 4 is 17.4 Å². The fraction of sp³-hybridized carbons (Fsp3) is 0.500. The first kappa shape index (κ1) is 13.3. The van der Waals surface area contributed by atoms with Crippen LogP contribution in [-0.2, 0) is 16.0 Å². The highest BCUT2D eigenvalue weighted by atomic mass is 16.5. The van der Waals surface area contributed by atoms with E-state index in [1.807, 2.05) is 25.1 Å². The lowest BCUT2D eigenvalue weighted by Crippen LogP contribution is -2.39. The molecule has 1 fully saturated rings. The Hall–Kier alpha value is -1.68. The number of carbonyl (C=O) groups is 2. The van der Waals surface area contributed by atoms with Crippen LogP contribution in [0.25, 0.3) is 0 Å². The van der Waals surface area contributed by atoms with Crippen molar-refractivity contribution in [3.05, 3.63) is 29.3 Å². The van der Waals surface area contributed by atoms with Gasteiger partial charge in [-0.3, -0.25) is 9.59 Å². The van der Waals surface area contributed by atoms with Crippen molar-refractivity contribution in [3.8, 4) is 0 Å². The number of aryl methyl sites for hydroxylation is 1. The first-order valence-corrected chi connectivity index (χ1v) is 7.31. The van der Waals surface area contributed by atoms with Gasteiger partial charge in [0.2, 0.25) is 0 Å². The molecular weight excluding hydrogens is 254 g/mol. The second-order valence-corrected chi connectivity index (χ2v) is 5.44. The minimum absolute atomic E-state index is 0.0531. The van der Waals surface area contributed by atoms with E-state index in [1.165, 1.54) is 0 Å². The Balaban J connectivity index is 1.86. The van der Waals surface area contributed by atoms with Crippen LogP contribution in [0.15, 0.2) is 18.2 Å². The molecular formula is C16H19NO3. The topological polar surface area (TPSA) is 46.6 Å². The third-order valence-corrected chi connectivity index (χ3v) is 4.10. The third-order valence-electron chi connectivity index (χ3n) is 4.10. The maximum atomic E-state index is 12.2. The van der Waals surface area contributed by atoms with E-state index in [0.717, 1.165) is 43.5 Å². The van der Waals surface area contributed by atoms with Crippen LogP contribution in [0.4, 0.5) is 5.69 Å². The van der Waals surface area contributed by atoms with Gasteiger partial charge in [0.1, 0.15) is 0 Å². The number of carbonyl (C=O) groups excluding carboxylic acids is 2. The Bertz CT molecular complexity index is 547. The molecule has 4 heteroatoms. The van der Waals surface area contributed by atoms with Crippen molar-refractivity contribution in [1.29, 1.82) is 0 Å². The lowest BCUT2D eigenvalue weighted by atomic mass is 10.1. The van der Waals surface area contributed by atoms with Crippen LogP contribution in [0.3, 0.4) is 0 Å². The van der Waals surface area contributed by atoms with E-state index in [-0.39, 0.29) is 11.9 Å². The van der Waals surface area contributed by atoms with Crippen LogP contribution < -0.4 is 4.90 Å². The van der Waals surface area contributed by atoms with E-state index in [1.54, 1.807) is 4.90 Å². The van der Waals surface area contributed by atoms with E-state index in [4.69, 9.17) is 4.74 Å². The van der Waals surface area contributed by atoms with Crippen LogP contribution in [0, 0.1) is 0 Å². The summed E-state index contributed by atoms with van der Waals surface area (Å²) in [6.45, 7) is 3.28. The Morgan fingerprint density at radius 3 is 2.85 bits per heavy atom. The van der Waals surface area contributed by atoms with Gasteiger partial charge in [-0.15, -0.1) is 0 Å². The molecule has 1 atom stereocenters. The van der Waals surface area contributed by atoms with E-state index in [9.17, 15) is 9.59 Å². The predicted molar refractivity (Wildman–Crippen MR) is 76.1 cm³/mol. The zero-order valence-corrected chi connectivity index (χ0v) is 11.7. The molecule has 1 aromatic carbocycles. The van der Waals surface area contributed by atoms with E-state index in [2.05, 4.69) is 0 Å². The van der Waals surface area contributed by atoms with Gasteiger partial charge in [0, 0.05) is 6.61 Å². The monoisotopic (exact) mass is 273 g/mol. The summed E-state index contributed by atoms with van der Waals surface area (Å²) in [4.78, 5) is 25.8. The molecule has 0 aromatic heterocycles. The molecule has 4 nitrogen and oxygen atoms in total. The number of hydrogen-bond acceptors (Lipinski definition) is 3. The number of ketones is 1. The van der Waals surface area contributed by atoms with Crippen LogP contribution in [0.5, 0.6) is 0 Å². The summed E-state index contributed by atoms with van der Waals surface area (Å²) < 4.78 is 5.68. The zero-order valence-electron chi connectivity index (χ0n) is 11.7. The lowest BCUT2D eigenvalue weighted by molar-refractivity contribution is -0.114. The Labute approximate surface area is 118 Å². The van der Waals surface area contributed by atoms with Crippen LogP contribution in [0.2, 0.25) is 0 Å². The fourth-order valence-corrected chi connectivity index (χ4v) is 2.90. The zero-order chi connectivity index (χ0) is 14.1. The van der Waals surface area contributed by atoms with Gasteiger partial charge in [0.25, 0.3) is 11.7 Å². The largest absolute Gasteiger partial charge is 0.376 e.